The molecule has 0 spiro atoms. The van der Waals surface area contributed by atoms with Gasteiger partial charge in [0.05, 0.1) is 29.8 Å². The maximum absolute atomic E-state index is 13.0. The summed E-state index contributed by atoms with van der Waals surface area (Å²) in [6.07, 6.45) is 0.366. The van der Waals surface area contributed by atoms with E-state index in [1.807, 2.05) is 0 Å². The predicted octanol–water partition coefficient (Wildman–Crippen LogP) is 3.54. The minimum atomic E-state index is -3.75. The molecule has 1 N–H and O–H groups in total. The number of benzene rings is 2. The molecule has 2 aromatic carbocycles. The highest BCUT2D eigenvalue weighted by Gasteiger charge is 2.21. The van der Waals surface area contributed by atoms with Gasteiger partial charge in [-0.25, -0.2) is 17.1 Å². The molecule has 0 radical (unpaired) electrons. The summed E-state index contributed by atoms with van der Waals surface area (Å²) in [5, 5.41) is 3.00. The number of anilines is 1. The molecular weight excluding hydrogens is 423 g/mol. The second-order valence-electron chi connectivity index (χ2n) is 6.12. The van der Waals surface area contributed by atoms with E-state index < -0.39 is 15.8 Å². The molecule has 1 amide bonds. The number of rotatable bonds is 9. The van der Waals surface area contributed by atoms with E-state index in [2.05, 4.69) is 5.32 Å². The molecule has 2 rings (SSSR count). The number of carbonyl (C=O) groups excluding carboxylic acids is 1. The molecule has 29 heavy (non-hydrogen) atoms. The van der Waals surface area contributed by atoms with Crippen molar-refractivity contribution >= 4 is 33.2 Å². The zero-order valence-electron chi connectivity index (χ0n) is 16.2. The molecule has 7 nitrogen and oxygen atoms in total. The fourth-order valence-corrected chi connectivity index (χ4v) is 3.99. The van der Waals surface area contributed by atoms with Gasteiger partial charge in [0.15, 0.2) is 0 Å². The third-order valence-electron chi connectivity index (χ3n) is 4.15. The van der Waals surface area contributed by atoms with Crippen LogP contribution in [0.15, 0.2) is 41.3 Å². The Morgan fingerprint density at radius 2 is 1.76 bits per heavy atom. The number of carbonyl (C=O) groups is 1. The van der Waals surface area contributed by atoms with Gasteiger partial charge >= 0.3 is 0 Å². The molecule has 0 aliphatic carbocycles. The Labute approximate surface area is 174 Å². The Kier molecular flexibility index (Phi) is 7.83. The van der Waals surface area contributed by atoms with Crippen LogP contribution >= 0.6 is 11.6 Å². The Hall–Kier alpha value is -2.36. The van der Waals surface area contributed by atoms with Crippen LogP contribution in [-0.2, 0) is 14.8 Å². The lowest BCUT2D eigenvalue weighted by atomic mass is 10.2. The first-order chi connectivity index (χ1) is 13.7. The van der Waals surface area contributed by atoms with Gasteiger partial charge in [-0.05, 0) is 36.8 Å². The van der Waals surface area contributed by atoms with Gasteiger partial charge in [-0.15, -0.1) is 0 Å². The first-order valence-electron chi connectivity index (χ1n) is 8.62. The Morgan fingerprint density at radius 3 is 2.34 bits per heavy atom. The molecule has 0 bridgehead atoms. The van der Waals surface area contributed by atoms with Crippen LogP contribution in [0.4, 0.5) is 10.1 Å². The van der Waals surface area contributed by atoms with Crippen LogP contribution in [0.1, 0.15) is 12.8 Å². The van der Waals surface area contributed by atoms with Crippen molar-refractivity contribution in [2.75, 3.05) is 33.1 Å². The van der Waals surface area contributed by atoms with Crippen LogP contribution in [0.25, 0.3) is 0 Å². The number of hydrogen-bond donors (Lipinski definition) is 1. The maximum Gasteiger partial charge on any atom is 0.242 e. The second-order valence-corrected chi connectivity index (χ2v) is 8.57. The number of amides is 1. The van der Waals surface area contributed by atoms with Crippen LogP contribution < -0.4 is 14.8 Å². The number of hydrogen-bond acceptors (Lipinski definition) is 5. The summed E-state index contributed by atoms with van der Waals surface area (Å²) in [4.78, 5) is 12.2. The topological polar surface area (TPSA) is 84.9 Å². The highest BCUT2D eigenvalue weighted by molar-refractivity contribution is 7.89. The highest BCUT2D eigenvalue weighted by Crippen LogP contribution is 2.35. The van der Waals surface area contributed by atoms with E-state index in [1.165, 1.54) is 39.5 Å². The molecule has 0 unspecified atom stereocenters. The maximum atomic E-state index is 13.0. The third kappa shape index (κ3) is 5.81. The normalized spacial score (nSPS) is 11.4. The van der Waals surface area contributed by atoms with Gasteiger partial charge in [0.1, 0.15) is 17.3 Å². The quantitative estimate of drug-likeness (QED) is 0.639. The van der Waals surface area contributed by atoms with Crippen molar-refractivity contribution in [1.82, 2.24) is 4.31 Å². The molecule has 10 heteroatoms. The standard InChI is InChI=1S/C19H22ClFN2O5S/c1-23(29(25,26)14-8-6-13(21)7-9-14)10-4-5-19(24)22-16-11-15(20)17(27-2)12-18(16)28-3/h6-9,11-12H,4-5,10H2,1-3H3,(H,22,24). The van der Waals surface area contributed by atoms with Gasteiger partial charge in [0.25, 0.3) is 0 Å². The number of nitrogens with zero attached hydrogens (tertiary/aromatic N) is 1. The largest absolute Gasteiger partial charge is 0.495 e. The van der Waals surface area contributed by atoms with Crippen LogP contribution in [0.3, 0.4) is 0 Å². The molecule has 0 saturated carbocycles. The van der Waals surface area contributed by atoms with Crippen LogP contribution in [0.2, 0.25) is 5.02 Å². The lowest BCUT2D eigenvalue weighted by Gasteiger charge is -2.17. The molecule has 0 heterocycles. The average molecular weight is 445 g/mol. The summed E-state index contributed by atoms with van der Waals surface area (Å²) < 4.78 is 49.3. The van der Waals surface area contributed by atoms with Crippen LogP contribution in [0, 0.1) is 5.82 Å². The van der Waals surface area contributed by atoms with E-state index in [1.54, 1.807) is 6.07 Å². The first-order valence-corrected chi connectivity index (χ1v) is 10.4. The highest BCUT2D eigenvalue weighted by atomic mass is 35.5. The van der Waals surface area contributed by atoms with Crippen molar-refractivity contribution in [2.45, 2.75) is 17.7 Å². The van der Waals surface area contributed by atoms with Gasteiger partial charge in [-0.1, -0.05) is 11.6 Å². The number of sulfonamides is 1. The monoisotopic (exact) mass is 444 g/mol. The van der Waals surface area contributed by atoms with Crippen molar-refractivity contribution < 1.29 is 27.1 Å². The molecule has 0 saturated heterocycles. The Balaban J connectivity index is 1.94. The molecule has 2 aromatic rings. The minimum Gasteiger partial charge on any atom is -0.495 e. The minimum absolute atomic E-state index is 0.0107. The first kappa shape index (κ1) is 22.9. The summed E-state index contributed by atoms with van der Waals surface area (Å²) in [5.74, 6) is -0.0424. The van der Waals surface area contributed by atoms with E-state index >= 15 is 0 Å². The zero-order chi connectivity index (χ0) is 21.6. The van der Waals surface area contributed by atoms with Crippen molar-refractivity contribution in [2.24, 2.45) is 0 Å². The van der Waals surface area contributed by atoms with Crippen molar-refractivity contribution in [1.29, 1.82) is 0 Å². The van der Waals surface area contributed by atoms with E-state index in [0.717, 1.165) is 16.4 Å². The van der Waals surface area contributed by atoms with Crippen molar-refractivity contribution in [3.63, 3.8) is 0 Å². The lowest BCUT2D eigenvalue weighted by molar-refractivity contribution is -0.116. The molecule has 0 aliphatic rings. The molecule has 0 fully saturated rings. The zero-order valence-corrected chi connectivity index (χ0v) is 17.8. The summed E-state index contributed by atoms with van der Waals surface area (Å²) >= 11 is 6.08. The van der Waals surface area contributed by atoms with Gasteiger partial charge < -0.3 is 14.8 Å². The van der Waals surface area contributed by atoms with Crippen LogP contribution in [-0.4, -0.2) is 46.4 Å². The van der Waals surface area contributed by atoms with Crippen molar-refractivity contribution in [3.8, 4) is 11.5 Å². The van der Waals surface area contributed by atoms with E-state index in [4.69, 9.17) is 21.1 Å². The summed E-state index contributed by atoms with van der Waals surface area (Å²) in [5.41, 5.74) is 0.385. The fourth-order valence-electron chi connectivity index (χ4n) is 2.54. The van der Waals surface area contributed by atoms with E-state index in [-0.39, 0.29) is 30.2 Å². The van der Waals surface area contributed by atoms with Gasteiger partial charge in [-0.3, -0.25) is 4.79 Å². The molecule has 0 atom stereocenters. The predicted molar refractivity (Wildman–Crippen MR) is 109 cm³/mol. The summed E-state index contributed by atoms with van der Waals surface area (Å²) in [6.45, 7) is 0.119. The lowest BCUT2D eigenvalue weighted by Crippen LogP contribution is -2.28. The van der Waals surface area contributed by atoms with Gasteiger partial charge in [-0.2, -0.15) is 0 Å². The fraction of sp³-hybridized carbons (Fsp3) is 0.316. The summed E-state index contributed by atoms with van der Waals surface area (Å²) in [7, 11) is 0.572. The second kappa shape index (κ2) is 9.91. The summed E-state index contributed by atoms with van der Waals surface area (Å²) in [6, 6.07) is 7.65. The number of methoxy groups -OCH3 is 2. The number of nitrogens with one attached hydrogen (secondary N) is 1. The molecule has 0 aliphatic heterocycles. The third-order valence-corrected chi connectivity index (χ3v) is 6.31. The number of ether oxygens (including phenoxy) is 2. The van der Waals surface area contributed by atoms with Gasteiger partial charge in [0.2, 0.25) is 15.9 Å². The number of halogens is 2. The average Bonchev–Trinajstić information content (AvgIpc) is 2.68. The van der Waals surface area contributed by atoms with Crippen molar-refractivity contribution in [3.05, 3.63) is 47.2 Å². The smallest absolute Gasteiger partial charge is 0.242 e. The van der Waals surface area contributed by atoms with E-state index in [9.17, 15) is 17.6 Å². The Bertz CT molecular complexity index is 967. The molecule has 0 aromatic heterocycles. The Morgan fingerprint density at radius 1 is 1.14 bits per heavy atom. The SMILES string of the molecule is COc1cc(OC)c(NC(=O)CCCN(C)S(=O)(=O)c2ccc(F)cc2)cc1Cl. The van der Waals surface area contributed by atoms with Crippen LogP contribution in [0.5, 0.6) is 11.5 Å². The molecular formula is C19H22ClFN2O5S. The van der Waals surface area contributed by atoms with Gasteiger partial charge in [0, 0.05) is 26.1 Å². The van der Waals surface area contributed by atoms with E-state index in [0.29, 0.717) is 22.2 Å². The molecule has 158 valence electrons.